The SMILES string of the molecule is CCSCc1noc([C@H](N)C(C)(C)C)n1. The van der Waals surface area contributed by atoms with Crippen LogP contribution in [-0.4, -0.2) is 15.9 Å². The summed E-state index contributed by atoms with van der Waals surface area (Å²) in [5.74, 6) is 3.11. The van der Waals surface area contributed by atoms with Crippen molar-refractivity contribution >= 4 is 11.8 Å². The molecule has 0 amide bonds. The van der Waals surface area contributed by atoms with E-state index in [0.29, 0.717) is 5.89 Å². The standard InChI is InChI=1S/C10H19N3OS/c1-5-15-6-7-12-9(14-13-7)8(11)10(2,3)4/h8H,5-6,11H2,1-4H3/t8-/m0/s1. The first-order valence-corrected chi connectivity index (χ1v) is 6.26. The molecule has 0 unspecified atom stereocenters. The summed E-state index contributed by atoms with van der Waals surface area (Å²) in [6, 6.07) is -0.203. The van der Waals surface area contributed by atoms with Gasteiger partial charge in [0.05, 0.1) is 11.8 Å². The van der Waals surface area contributed by atoms with Gasteiger partial charge >= 0.3 is 0 Å². The van der Waals surface area contributed by atoms with Crippen LogP contribution in [0.15, 0.2) is 4.52 Å². The fraction of sp³-hybridized carbons (Fsp3) is 0.800. The largest absolute Gasteiger partial charge is 0.338 e. The highest BCUT2D eigenvalue weighted by molar-refractivity contribution is 7.98. The van der Waals surface area contributed by atoms with Gasteiger partial charge in [-0.25, -0.2) is 0 Å². The Morgan fingerprint density at radius 1 is 1.47 bits per heavy atom. The van der Waals surface area contributed by atoms with Crippen LogP contribution >= 0.6 is 11.8 Å². The highest BCUT2D eigenvalue weighted by atomic mass is 32.2. The van der Waals surface area contributed by atoms with Crippen LogP contribution in [0.3, 0.4) is 0 Å². The van der Waals surface area contributed by atoms with Crippen LogP contribution in [0.25, 0.3) is 0 Å². The fourth-order valence-corrected chi connectivity index (χ4v) is 1.52. The van der Waals surface area contributed by atoms with E-state index >= 15 is 0 Å². The topological polar surface area (TPSA) is 64.9 Å². The Bertz CT molecular complexity index is 306. The van der Waals surface area contributed by atoms with E-state index in [-0.39, 0.29) is 11.5 Å². The predicted molar refractivity (Wildman–Crippen MR) is 62.5 cm³/mol. The second-order valence-electron chi connectivity index (χ2n) is 4.53. The van der Waals surface area contributed by atoms with Gasteiger partial charge in [0.2, 0.25) is 5.89 Å². The molecule has 0 aliphatic carbocycles. The van der Waals surface area contributed by atoms with E-state index in [1.807, 2.05) is 0 Å². The van der Waals surface area contributed by atoms with Crippen LogP contribution in [0.4, 0.5) is 0 Å². The highest BCUT2D eigenvalue weighted by Gasteiger charge is 2.27. The van der Waals surface area contributed by atoms with E-state index in [4.69, 9.17) is 10.3 Å². The Morgan fingerprint density at radius 2 is 2.13 bits per heavy atom. The van der Waals surface area contributed by atoms with Crippen LogP contribution in [0.5, 0.6) is 0 Å². The molecule has 4 nitrogen and oxygen atoms in total. The second kappa shape index (κ2) is 4.99. The molecule has 15 heavy (non-hydrogen) atoms. The summed E-state index contributed by atoms with van der Waals surface area (Å²) in [7, 11) is 0. The van der Waals surface area contributed by atoms with Crippen molar-refractivity contribution in [3.05, 3.63) is 11.7 Å². The quantitative estimate of drug-likeness (QED) is 0.858. The molecule has 2 N–H and O–H groups in total. The zero-order chi connectivity index (χ0) is 11.5. The summed E-state index contributed by atoms with van der Waals surface area (Å²) in [6.45, 7) is 8.28. The molecule has 0 aromatic carbocycles. The molecule has 5 heteroatoms. The van der Waals surface area contributed by atoms with Gasteiger partial charge in [-0.15, -0.1) is 0 Å². The van der Waals surface area contributed by atoms with Crippen molar-refractivity contribution in [2.75, 3.05) is 5.75 Å². The first-order valence-electron chi connectivity index (χ1n) is 5.11. The van der Waals surface area contributed by atoms with Crippen molar-refractivity contribution in [2.45, 2.75) is 39.5 Å². The van der Waals surface area contributed by atoms with E-state index in [1.54, 1.807) is 11.8 Å². The maximum Gasteiger partial charge on any atom is 0.244 e. The second-order valence-corrected chi connectivity index (χ2v) is 5.80. The summed E-state index contributed by atoms with van der Waals surface area (Å²) in [5, 5.41) is 3.90. The van der Waals surface area contributed by atoms with Gasteiger partial charge in [0.15, 0.2) is 5.82 Å². The fourth-order valence-electron chi connectivity index (χ4n) is 1.02. The normalized spacial score (nSPS) is 14.2. The van der Waals surface area contributed by atoms with Gasteiger partial charge in [-0.1, -0.05) is 32.9 Å². The van der Waals surface area contributed by atoms with Crippen molar-refractivity contribution in [2.24, 2.45) is 11.1 Å². The van der Waals surface area contributed by atoms with Crippen molar-refractivity contribution in [3.63, 3.8) is 0 Å². The van der Waals surface area contributed by atoms with Crippen LogP contribution in [-0.2, 0) is 5.75 Å². The lowest BCUT2D eigenvalue weighted by Gasteiger charge is -2.23. The first-order chi connectivity index (χ1) is 6.95. The van der Waals surface area contributed by atoms with E-state index in [0.717, 1.165) is 17.3 Å². The number of hydrogen-bond acceptors (Lipinski definition) is 5. The molecule has 0 bridgehead atoms. The van der Waals surface area contributed by atoms with Crippen molar-refractivity contribution in [1.29, 1.82) is 0 Å². The van der Waals surface area contributed by atoms with Crippen LogP contribution < -0.4 is 5.73 Å². The minimum absolute atomic E-state index is 0.0539. The van der Waals surface area contributed by atoms with E-state index in [9.17, 15) is 0 Å². The lowest BCUT2D eigenvalue weighted by atomic mass is 9.87. The van der Waals surface area contributed by atoms with Gasteiger partial charge in [0.25, 0.3) is 0 Å². The molecular weight excluding hydrogens is 210 g/mol. The van der Waals surface area contributed by atoms with Gasteiger partial charge < -0.3 is 10.3 Å². The van der Waals surface area contributed by atoms with Crippen molar-refractivity contribution in [3.8, 4) is 0 Å². The number of rotatable bonds is 4. The molecule has 0 aliphatic heterocycles. The average Bonchev–Trinajstić information content (AvgIpc) is 2.60. The summed E-state index contributed by atoms with van der Waals surface area (Å²) >= 11 is 1.77. The summed E-state index contributed by atoms with van der Waals surface area (Å²) in [6.07, 6.45) is 0. The van der Waals surface area contributed by atoms with Crippen LogP contribution in [0.1, 0.15) is 45.5 Å². The monoisotopic (exact) mass is 229 g/mol. The van der Waals surface area contributed by atoms with E-state index < -0.39 is 0 Å². The number of hydrogen-bond donors (Lipinski definition) is 1. The molecule has 0 saturated carbocycles. The molecule has 0 saturated heterocycles. The van der Waals surface area contributed by atoms with Gasteiger partial charge in [-0.3, -0.25) is 0 Å². The zero-order valence-electron chi connectivity index (χ0n) is 9.78. The Labute approximate surface area is 95.0 Å². The van der Waals surface area contributed by atoms with Gasteiger partial charge in [0, 0.05) is 0 Å². The number of nitrogens with two attached hydrogens (primary N) is 1. The third-order valence-corrected chi connectivity index (χ3v) is 2.99. The maximum atomic E-state index is 6.01. The molecule has 1 atom stereocenters. The molecule has 0 radical (unpaired) electrons. The molecule has 86 valence electrons. The van der Waals surface area contributed by atoms with Crippen molar-refractivity contribution < 1.29 is 4.52 Å². The molecule has 1 aromatic heterocycles. The Morgan fingerprint density at radius 3 is 2.67 bits per heavy atom. The highest BCUT2D eigenvalue weighted by Crippen LogP contribution is 2.29. The summed E-state index contributed by atoms with van der Waals surface area (Å²) < 4.78 is 5.15. The smallest absolute Gasteiger partial charge is 0.244 e. The number of nitrogens with zero attached hydrogens (tertiary/aromatic N) is 2. The number of thioether (sulfide) groups is 1. The van der Waals surface area contributed by atoms with E-state index in [2.05, 4.69) is 37.8 Å². The molecule has 0 spiro atoms. The van der Waals surface area contributed by atoms with Crippen LogP contribution in [0, 0.1) is 5.41 Å². The lowest BCUT2D eigenvalue weighted by Crippen LogP contribution is -2.26. The molecule has 1 aromatic rings. The van der Waals surface area contributed by atoms with Crippen LogP contribution in [0.2, 0.25) is 0 Å². The molecule has 0 aliphatic rings. The minimum atomic E-state index is -0.203. The first kappa shape index (κ1) is 12.5. The summed E-state index contributed by atoms with van der Waals surface area (Å²) in [5.41, 5.74) is 5.96. The lowest BCUT2D eigenvalue weighted by molar-refractivity contribution is 0.252. The predicted octanol–water partition coefficient (Wildman–Crippen LogP) is 2.37. The van der Waals surface area contributed by atoms with Gasteiger partial charge in [0.1, 0.15) is 0 Å². The van der Waals surface area contributed by atoms with Gasteiger partial charge in [-0.2, -0.15) is 16.7 Å². The van der Waals surface area contributed by atoms with Gasteiger partial charge in [-0.05, 0) is 11.2 Å². The minimum Gasteiger partial charge on any atom is -0.338 e. The summed E-state index contributed by atoms with van der Waals surface area (Å²) in [4.78, 5) is 4.29. The third-order valence-electron chi connectivity index (χ3n) is 2.12. The molecular formula is C10H19N3OS. The Kier molecular flexibility index (Phi) is 4.16. The van der Waals surface area contributed by atoms with E-state index in [1.165, 1.54) is 0 Å². The molecule has 0 fully saturated rings. The zero-order valence-corrected chi connectivity index (χ0v) is 10.6. The average molecular weight is 229 g/mol. The Balaban J connectivity index is 2.67. The molecule has 1 heterocycles. The molecule has 1 rings (SSSR count). The Hall–Kier alpha value is -0.550. The number of aromatic nitrogens is 2. The maximum absolute atomic E-state index is 6.01. The third kappa shape index (κ3) is 3.50. The van der Waals surface area contributed by atoms with Crippen molar-refractivity contribution in [1.82, 2.24) is 10.1 Å².